The number of benzene rings is 2. The van der Waals surface area contributed by atoms with Crippen LogP contribution >= 0.6 is 11.3 Å². The van der Waals surface area contributed by atoms with Crippen molar-refractivity contribution in [1.82, 2.24) is 10.2 Å². The van der Waals surface area contributed by atoms with Gasteiger partial charge in [-0.2, -0.15) is 0 Å². The van der Waals surface area contributed by atoms with Crippen molar-refractivity contribution in [3.8, 4) is 0 Å². The molecule has 2 aliphatic rings. The Morgan fingerprint density at radius 2 is 1.66 bits per heavy atom. The first kappa shape index (κ1) is 18.4. The van der Waals surface area contributed by atoms with Gasteiger partial charge in [0.25, 0.3) is 0 Å². The van der Waals surface area contributed by atoms with Crippen molar-refractivity contribution in [3.63, 3.8) is 0 Å². The highest BCUT2D eigenvalue weighted by Gasteiger charge is 2.36. The van der Waals surface area contributed by atoms with Gasteiger partial charge in [0.2, 0.25) is 0 Å². The fourth-order valence-corrected chi connectivity index (χ4v) is 6.29. The van der Waals surface area contributed by atoms with Crippen LogP contribution in [0.2, 0.25) is 0 Å². The molecule has 5 rings (SSSR count). The molecule has 148 valence electrons. The summed E-state index contributed by atoms with van der Waals surface area (Å²) in [5, 5.41) is 3.15. The van der Waals surface area contributed by atoms with Crippen LogP contribution in [0.4, 0.5) is 4.79 Å². The minimum Gasteiger partial charge on any atom is -0.334 e. The summed E-state index contributed by atoms with van der Waals surface area (Å²) < 4.78 is 0. The normalized spacial score (nSPS) is 18.1. The SMILES string of the molecule is O=C(NCc1ccccc1)N1CCc2c(sc3c2CCCC3)[C@H]1c1ccccc1. The van der Waals surface area contributed by atoms with E-state index in [2.05, 4.69) is 41.7 Å². The van der Waals surface area contributed by atoms with E-state index in [0.29, 0.717) is 6.54 Å². The molecule has 0 bridgehead atoms. The lowest BCUT2D eigenvalue weighted by molar-refractivity contribution is 0.180. The Kier molecular flexibility index (Phi) is 5.11. The number of fused-ring (bicyclic) bond motifs is 3. The summed E-state index contributed by atoms with van der Waals surface area (Å²) >= 11 is 1.95. The van der Waals surface area contributed by atoms with Crippen LogP contribution < -0.4 is 5.32 Å². The summed E-state index contributed by atoms with van der Waals surface area (Å²) in [4.78, 5) is 18.2. The lowest BCUT2D eigenvalue weighted by Gasteiger charge is -2.36. The summed E-state index contributed by atoms with van der Waals surface area (Å²) in [6, 6.07) is 20.7. The molecule has 0 radical (unpaired) electrons. The van der Waals surface area contributed by atoms with Gasteiger partial charge in [-0.3, -0.25) is 0 Å². The van der Waals surface area contributed by atoms with Gasteiger partial charge in [0.15, 0.2) is 0 Å². The fraction of sp³-hybridized carbons (Fsp3) is 0.320. The van der Waals surface area contributed by atoms with Crippen LogP contribution in [0.3, 0.4) is 0 Å². The molecule has 0 unspecified atom stereocenters. The Bertz CT molecular complexity index is 996. The molecule has 1 aromatic heterocycles. The molecule has 1 aliphatic carbocycles. The van der Waals surface area contributed by atoms with E-state index in [1.165, 1.54) is 41.7 Å². The van der Waals surface area contributed by atoms with Crippen LogP contribution in [0, 0.1) is 0 Å². The van der Waals surface area contributed by atoms with Gasteiger partial charge < -0.3 is 10.2 Å². The Labute approximate surface area is 176 Å². The van der Waals surface area contributed by atoms with E-state index in [0.717, 1.165) is 18.5 Å². The third kappa shape index (κ3) is 3.58. The Morgan fingerprint density at radius 1 is 0.931 bits per heavy atom. The van der Waals surface area contributed by atoms with Crippen molar-refractivity contribution in [1.29, 1.82) is 0 Å². The van der Waals surface area contributed by atoms with Gasteiger partial charge >= 0.3 is 6.03 Å². The molecule has 1 atom stereocenters. The number of carbonyl (C=O) groups is 1. The highest BCUT2D eigenvalue weighted by molar-refractivity contribution is 7.12. The number of nitrogens with zero attached hydrogens (tertiary/aromatic N) is 1. The monoisotopic (exact) mass is 402 g/mol. The molecule has 0 saturated carbocycles. The van der Waals surface area contributed by atoms with Gasteiger partial charge in [-0.25, -0.2) is 4.79 Å². The molecule has 3 aromatic rings. The average molecular weight is 403 g/mol. The third-order valence-electron chi connectivity index (χ3n) is 6.14. The van der Waals surface area contributed by atoms with Gasteiger partial charge in [0.05, 0.1) is 6.04 Å². The largest absolute Gasteiger partial charge is 0.334 e. The molecule has 2 heterocycles. The average Bonchev–Trinajstić information content (AvgIpc) is 3.17. The van der Waals surface area contributed by atoms with E-state index in [1.54, 1.807) is 10.4 Å². The summed E-state index contributed by atoms with van der Waals surface area (Å²) in [5.74, 6) is 0. The van der Waals surface area contributed by atoms with Gasteiger partial charge in [-0.05, 0) is 54.4 Å². The molecule has 4 heteroatoms. The minimum absolute atomic E-state index is 0.0197. The molecule has 0 spiro atoms. The standard InChI is InChI=1S/C25H26N2OS/c28-25(26-17-18-9-3-1-4-10-18)27-16-15-21-20-13-7-8-14-22(20)29-24(21)23(27)19-11-5-2-6-12-19/h1-6,9-12,23H,7-8,13-17H2,(H,26,28)/t23-/m1/s1. The van der Waals surface area contributed by atoms with Gasteiger partial charge in [0, 0.05) is 22.8 Å². The van der Waals surface area contributed by atoms with Crippen molar-refractivity contribution >= 4 is 17.4 Å². The number of amides is 2. The van der Waals surface area contributed by atoms with E-state index < -0.39 is 0 Å². The first-order valence-electron chi connectivity index (χ1n) is 10.6. The Morgan fingerprint density at radius 3 is 2.45 bits per heavy atom. The zero-order chi connectivity index (χ0) is 19.6. The van der Waals surface area contributed by atoms with E-state index >= 15 is 0 Å². The summed E-state index contributed by atoms with van der Waals surface area (Å²) in [6.45, 7) is 1.34. The molecule has 2 aromatic carbocycles. The van der Waals surface area contributed by atoms with E-state index in [9.17, 15) is 4.79 Å². The van der Waals surface area contributed by atoms with Crippen LogP contribution in [0.5, 0.6) is 0 Å². The first-order valence-corrected chi connectivity index (χ1v) is 11.4. The van der Waals surface area contributed by atoms with Gasteiger partial charge in [0.1, 0.15) is 0 Å². The topological polar surface area (TPSA) is 32.3 Å². The number of rotatable bonds is 3. The third-order valence-corrected chi connectivity index (χ3v) is 7.52. The molecule has 1 aliphatic heterocycles. The van der Waals surface area contributed by atoms with Gasteiger partial charge in [-0.15, -0.1) is 11.3 Å². The van der Waals surface area contributed by atoms with E-state index in [-0.39, 0.29) is 12.1 Å². The van der Waals surface area contributed by atoms with Crippen LogP contribution in [0.15, 0.2) is 60.7 Å². The number of thiophene rings is 1. The zero-order valence-corrected chi connectivity index (χ0v) is 17.4. The van der Waals surface area contributed by atoms with Crippen LogP contribution in [-0.2, 0) is 25.8 Å². The van der Waals surface area contributed by atoms with Crippen molar-refractivity contribution in [2.24, 2.45) is 0 Å². The summed E-state index contributed by atoms with van der Waals surface area (Å²) in [6.07, 6.45) is 5.98. The number of nitrogens with one attached hydrogen (secondary N) is 1. The Balaban J connectivity index is 1.47. The lowest BCUT2D eigenvalue weighted by Crippen LogP contribution is -2.45. The van der Waals surface area contributed by atoms with Crippen LogP contribution in [-0.4, -0.2) is 17.5 Å². The second kappa shape index (κ2) is 8.03. The quantitative estimate of drug-likeness (QED) is 0.618. The smallest absolute Gasteiger partial charge is 0.318 e. The van der Waals surface area contributed by atoms with Crippen molar-refractivity contribution in [2.45, 2.75) is 44.7 Å². The van der Waals surface area contributed by atoms with Crippen molar-refractivity contribution in [3.05, 3.63) is 92.7 Å². The lowest BCUT2D eigenvalue weighted by atomic mass is 9.88. The minimum atomic E-state index is 0.0197. The molecule has 2 amide bonds. The number of carbonyl (C=O) groups excluding carboxylic acids is 1. The molecule has 0 fully saturated rings. The fourth-order valence-electron chi connectivity index (χ4n) is 4.71. The number of urea groups is 1. The maximum atomic E-state index is 13.2. The maximum Gasteiger partial charge on any atom is 0.318 e. The van der Waals surface area contributed by atoms with Crippen LogP contribution in [0.1, 0.15) is 50.9 Å². The highest BCUT2D eigenvalue weighted by atomic mass is 32.1. The van der Waals surface area contributed by atoms with Gasteiger partial charge in [-0.1, -0.05) is 60.7 Å². The number of aryl methyl sites for hydroxylation is 1. The molecule has 3 nitrogen and oxygen atoms in total. The second-order valence-corrected chi connectivity index (χ2v) is 9.09. The maximum absolute atomic E-state index is 13.2. The number of hydrogen-bond acceptors (Lipinski definition) is 2. The molecular weight excluding hydrogens is 376 g/mol. The number of hydrogen-bond donors (Lipinski definition) is 1. The van der Waals surface area contributed by atoms with Crippen molar-refractivity contribution in [2.75, 3.05) is 6.54 Å². The molecule has 0 saturated heterocycles. The predicted molar refractivity (Wildman–Crippen MR) is 118 cm³/mol. The first-order chi connectivity index (χ1) is 14.3. The molecule has 1 N–H and O–H groups in total. The summed E-state index contributed by atoms with van der Waals surface area (Å²) in [7, 11) is 0. The van der Waals surface area contributed by atoms with E-state index in [4.69, 9.17) is 0 Å². The molecular formula is C25H26N2OS. The highest BCUT2D eigenvalue weighted by Crippen LogP contribution is 2.44. The van der Waals surface area contributed by atoms with Crippen molar-refractivity contribution < 1.29 is 4.79 Å². The second-order valence-electron chi connectivity index (χ2n) is 7.95. The zero-order valence-electron chi connectivity index (χ0n) is 16.6. The molecule has 29 heavy (non-hydrogen) atoms. The predicted octanol–water partition coefficient (Wildman–Crippen LogP) is 5.48. The van der Waals surface area contributed by atoms with E-state index in [1.807, 2.05) is 40.5 Å². The summed E-state index contributed by atoms with van der Waals surface area (Å²) in [5.41, 5.74) is 5.47. The Hall–Kier alpha value is -2.59. The van der Waals surface area contributed by atoms with Crippen LogP contribution in [0.25, 0.3) is 0 Å².